The van der Waals surface area contributed by atoms with E-state index in [-0.39, 0.29) is 10.7 Å². The molecule has 0 atom stereocenters. The number of pyridine rings is 1. The molecule has 1 aromatic heterocycles. The van der Waals surface area contributed by atoms with Gasteiger partial charge in [-0.15, -0.1) is 0 Å². The molecule has 0 bridgehead atoms. The molecule has 0 aliphatic rings. The molecule has 118 valence electrons. The summed E-state index contributed by atoms with van der Waals surface area (Å²) in [5.74, 6) is 0.310. The predicted molar refractivity (Wildman–Crippen MR) is 86.7 cm³/mol. The number of aromatic nitrogens is 1. The van der Waals surface area contributed by atoms with E-state index in [1.807, 2.05) is 11.9 Å². The van der Waals surface area contributed by atoms with E-state index in [1.54, 1.807) is 12.1 Å². The van der Waals surface area contributed by atoms with Gasteiger partial charge < -0.3 is 4.90 Å². The first-order valence-corrected chi connectivity index (χ1v) is 8.66. The molecule has 22 heavy (non-hydrogen) atoms. The summed E-state index contributed by atoms with van der Waals surface area (Å²) >= 11 is 3.32. The molecule has 0 saturated heterocycles. The SMILES string of the molecule is CNS(=O)(=O)c1ccc(N(C)Cc2ccc(F)cc2Br)nc1. The van der Waals surface area contributed by atoms with Gasteiger partial charge in [0.2, 0.25) is 10.0 Å². The third-order valence-corrected chi connectivity index (χ3v) is 5.25. The van der Waals surface area contributed by atoms with Crippen LogP contribution in [0.15, 0.2) is 45.9 Å². The number of hydrogen-bond acceptors (Lipinski definition) is 4. The fraction of sp³-hybridized carbons (Fsp3) is 0.214. The maximum absolute atomic E-state index is 13.1. The summed E-state index contributed by atoms with van der Waals surface area (Å²) in [7, 11) is -0.319. The van der Waals surface area contributed by atoms with Crippen LogP contribution in [-0.2, 0) is 16.6 Å². The lowest BCUT2D eigenvalue weighted by Crippen LogP contribution is -2.20. The Morgan fingerprint density at radius 1 is 1.32 bits per heavy atom. The van der Waals surface area contributed by atoms with Crippen LogP contribution in [0.5, 0.6) is 0 Å². The number of nitrogens with one attached hydrogen (secondary N) is 1. The largest absolute Gasteiger partial charge is 0.355 e. The van der Waals surface area contributed by atoms with E-state index in [0.717, 1.165) is 5.56 Å². The molecule has 2 aromatic rings. The molecule has 0 radical (unpaired) electrons. The number of sulfonamides is 1. The van der Waals surface area contributed by atoms with Crippen LogP contribution < -0.4 is 9.62 Å². The maximum Gasteiger partial charge on any atom is 0.241 e. The molecular formula is C14H15BrFN3O2S. The summed E-state index contributed by atoms with van der Waals surface area (Å²) in [6, 6.07) is 7.60. The monoisotopic (exact) mass is 387 g/mol. The van der Waals surface area contributed by atoms with Gasteiger partial charge in [-0.25, -0.2) is 22.5 Å². The Hall–Kier alpha value is -1.51. The second-order valence-corrected chi connectivity index (χ2v) is 7.39. The van der Waals surface area contributed by atoms with Crippen molar-refractivity contribution < 1.29 is 12.8 Å². The van der Waals surface area contributed by atoms with Crippen LogP contribution in [0.1, 0.15) is 5.56 Å². The van der Waals surface area contributed by atoms with E-state index < -0.39 is 10.0 Å². The highest BCUT2D eigenvalue weighted by atomic mass is 79.9. The van der Waals surface area contributed by atoms with Crippen molar-refractivity contribution >= 4 is 31.8 Å². The number of nitrogens with zero attached hydrogens (tertiary/aromatic N) is 2. The second-order valence-electron chi connectivity index (χ2n) is 4.65. The van der Waals surface area contributed by atoms with Gasteiger partial charge in [0.15, 0.2) is 0 Å². The lowest BCUT2D eigenvalue weighted by molar-refractivity contribution is 0.588. The summed E-state index contributed by atoms with van der Waals surface area (Å²) in [4.78, 5) is 6.10. The van der Waals surface area contributed by atoms with Crippen molar-refractivity contribution in [3.63, 3.8) is 0 Å². The molecule has 0 aliphatic heterocycles. The molecular weight excluding hydrogens is 373 g/mol. The zero-order valence-corrected chi connectivity index (χ0v) is 14.4. The summed E-state index contributed by atoms with van der Waals surface area (Å²) in [5.41, 5.74) is 0.901. The first-order valence-electron chi connectivity index (χ1n) is 6.38. The lowest BCUT2D eigenvalue weighted by atomic mass is 10.2. The Morgan fingerprint density at radius 2 is 2.05 bits per heavy atom. The van der Waals surface area contributed by atoms with Crippen molar-refractivity contribution in [1.29, 1.82) is 0 Å². The number of benzene rings is 1. The van der Waals surface area contributed by atoms with E-state index in [2.05, 4.69) is 25.6 Å². The van der Waals surface area contributed by atoms with Crippen molar-refractivity contribution in [2.75, 3.05) is 19.0 Å². The van der Waals surface area contributed by atoms with Gasteiger partial charge in [-0.3, -0.25) is 0 Å². The summed E-state index contributed by atoms with van der Waals surface area (Å²) in [6.07, 6.45) is 1.30. The van der Waals surface area contributed by atoms with Gasteiger partial charge in [0.05, 0.1) is 0 Å². The average Bonchev–Trinajstić information content (AvgIpc) is 2.50. The van der Waals surface area contributed by atoms with E-state index in [0.29, 0.717) is 16.8 Å². The molecule has 5 nitrogen and oxygen atoms in total. The Kier molecular flexibility index (Phi) is 5.15. The molecule has 0 saturated carbocycles. The Bertz CT molecular complexity index is 766. The molecule has 1 aromatic carbocycles. The molecule has 0 spiro atoms. The van der Waals surface area contributed by atoms with Crippen molar-refractivity contribution in [2.45, 2.75) is 11.4 Å². The molecule has 0 amide bonds. The maximum atomic E-state index is 13.1. The van der Waals surface area contributed by atoms with Crippen LogP contribution in [0.25, 0.3) is 0 Å². The molecule has 0 unspecified atom stereocenters. The number of hydrogen-bond donors (Lipinski definition) is 1. The third kappa shape index (κ3) is 3.82. The van der Waals surface area contributed by atoms with Gasteiger partial charge >= 0.3 is 0 Å². The van der Waals surface area contributed by atoms with Crippen molar-refractivity contribution in [2.24, 2.45) is 0 Å². The second kappa shape index (κ2) is 6.72. The number of anilines is 1. The zero-order valence-electron chi connectivity index (χ0n) is 12.0. The summed E-state index contributed by atoms with van der Waals surface area (Å²) in [5, 5.41) is 0. The molecule has 0 fully saturated rings. The van der Waals surface area contributed by atoms with Gasteiger partial charge in [0, 0.05) is 24.3 Å². The molecule has 0 aliphatic carbocycles. The molecule has 2 rings (SSSR count). The zero-order chi connectivity index (χ0) is 16.3. The fourth-order valence-corrected chi connectivity index (χ4v) is 3.01. The normalized spacial score (nSPS) is 11.5. The smallest absolute Gasteiger partial charge is 0.241 e. The van der Waals surface area contributed by atoms with Gasteiger partial charge in [-0.2, -0.15) is 0 Å². The van der Waals surface area contributed by atoms with E-state index in [9.17, 15) is 12.8 Å². The first-order chi connectivity index (χ1) is 10.3. The number of rotatable bonds is 5. The number of halogens is 2. The third-order valence-electron chi connectivity index (χ3n) is 3.11. The first kappa shape index (κ1) is 16.9. The predicted octanol–water partition coefficient (Wildman–Crippen LogP) is 2.53. The van der Waals surface area contributed by atoms with Crippen LogP contribution in [0.2, 0.25) is 0 Å². The van der Waals surface area contributed by atoms with Crippen LogP contribution in [0.4, 0.5) is 10.2 Å². The van der Waals surface area contributed by atoms with Gasteiger partial charge in [0.25, 0.3) is 0 Å². The average molecular weight is 388 g/mol. The minimum atomic E-state index is -3.49. The topological polar surface area (TPSA) is 62.3 Å². The van der Waals surface area contributed by atoms with Crippen molar-refractivity contribution in [3.8, 4) is 0 Å². The Labute approximate surface area is 137 Å². The van der Waals surface area contributed by atoms with E-state index >= 15 is 0 Å². The van der Waals surface area contributed by atoms with Crippen LogP contribution >= 0.6 is 15.9 Å². The molecule has 8 heteroatoms. The van der Waals surface area contributed by atoms with E-state index in [4.69, 9.17) is 0 Å². The van der Waals surface area contributed by atoms with Crippen molar-refractivity contribution in [3.05, 3.63) is 52.4 Å². The minimum Gasteiger partial charge on any atom is -0.355 e. The Balaban J connectivity index is 2.18. The van der Waals surface area contributed by atoms with Crippen LogP contribution in [0.3, 0.4) is 0 Å². The molecule has 1 N–H and O–H groups in total. The quantitative estimate of drug-likeness (QED) is 0.855. The Morgan fingerprint density at radius 3 is 2.59 bits per heavy atom. The fourth-order valence-electron chi connectivity index (χ4n) is 1.86. The van der Waals surface area contributed by atoms with Crippen molar-refractivity contribution in [1.82, 2.24) is 9.71 Å². The van der Waals surface area contributed by atoms with Crippen LogP contribution in [0, 0.1) is 5.82 Å². The van der Waals surface area contributed by atoms with Gasteiger partial charge in [0.1, 0.15) is 16.5 Å². The van der Waals surface area contributed by atoms with Gasteiger partial charge in [-0.05, 0) is 36.9 Å². The van der Waals surface area contributed by atoms with E-state index in [1.165, 1.54) is 31.4 Å². The van der Waals surface area contributed by atoms with Gasteiger partial charge in [-0.1, -0.05) is 22.0 Å². The molecule has 1 heterocycles. The minimum absolute atomic E-state index is 0.107. The van der Waals surface area contributed by atoms with Crippen LogP contribution in [-0.4, -0.2) is 27.5 Å². The highest BCUT2D eigenvalue weighted by molar-refractivity contribution is 9.10. The summed E-state index contributed by atoms with van der Waals surface area (Å²) in [6.45, 7) is 0.506. The lowest BCUT2D eigenvalue weighted by Gasteiger charge is -2.19. The highest BCUT2D eigenvalue weighted by Crippen LogP contribution is 2.21. The standard InChI is InChI=1S/C14H15BrFN3O2S/c1-17-22(20,21)12-5-6-14(18-8-12)19(2)9-10-3-4-11(16)7-13(10)15/h3-8,17H,9H2,1-2H3. The summed E-state index contributed by atoms with van der Waals surface area (Å²) < 4.78 is 39.3. The highest BCUT2D eigenvalue weighted by Gasteiger charge is 2.13.